The molecule has 0 saturated heterocycles. The van der Waals surface area contributed by atoms with Crippen LogP contribution in [0.1, 0.15) is 0 Å². The zero-order valence-corrected chi connectivity index (χ0v) is 14.0. The van der Waals surface area contributed by atoms with Gasteiger partial charge in [-0.2, -0.15) is 16.8 Å². The Balaban J connectivity index is 0.00000364. The van der Waals surface area contributed by atoms with Gasteiger partial charge in [0, 0.05) is 12.1 Å². The molecule has 16 heteroatoms. The third kappa shape index (κ3) is 6.03. The molecule has 12 nitrogen and oxygen atoms in total. The molecule has 2 aromatic rings. The van der Waals surface area contributed by atoms with Gasteiger partial charge in [-0.1, -0.05) is 0 Å². The first-order valence-electron chi connectivity index (χ1n) is 6.34. The molecule has 0 aromatic heterocycles. The van der Waals surface area contributed by atoms with Gasteiger partial charge in [-0.25, -0.2) is 0 Å². The van der Waals surface area contributed by atoms with Crippen molar-refractivity contribution < 1.29 is 35.8 Å². The molecule has 0 bridgehead atoms. The van der Waals surface area contributed by atoms with Crippen LogP contribution in [0.5, 0.6) is 0 Å². The summed E-state index contributed by atoms with van der Waals surface area (Å²) in [5, 5.41) is 22.4. The Morgan fingerprint density at radius 3 is 1.18 bits per heavy atom. The maximum atomic E-state index is 11.2. The summed E-state index contributed by atoms with van der Waals surface area (Å²) in [5.74, 6) is 0. The molecule has 0 heterocycles. The number of benzene rings is 2. The average Bonchev–Trinajstić information content (AvgIpc) is 2.51. The van der Waals surface area contributed by atoms with Gasteiger partial charge >= 0.3 is 59.1 Å². The van der Waals surface area contributed by atoms with Crippen molar-refractivity contribution in [2.24, 2.45) is 0 Å². The summed E-state index contributed by atoms with van der Waals surface area (Å²) in [6, 6.07) is 4.31. The SMILES string of the molecule is O=[N+]([O-])c1cc(S(=O)(=O)O)ccc1-c1ccc(S(=O)(=O)O)cc1[N+](=O)[O-].[NaH].[NaH]. The van der Waals surface area contributed by atoms with Gasteiger partial charge in [0.2, 0.25) is 0 Å². The quantitative estimate of drug-likeness (QED) is 0.277. The van der Waals surface area contributed by atoms with E-state index in [2.05, 4.69) is 0 Å². The molecular formula is C12H10N2Na2O10S2. The Kier molecular flexibility index (Phi) is 9.38. The van der Waals surface area contributed by atoms with E-state index >= 15 is 0 Å². The fourth-order valence-corrected chi connectivity index (χ4v) is 3.10. The van der Waals surface area contributed by atoms with Crippen LogP contribution in [0.3, 0.4) is 0 Å². The summed E-state index contributed by atoms with van der Waals surface area (Å²) >= 11 is 0. The predicted molar refractivity (Wildman–Crippen MR) is 99.1 cm³/mol. The molecule has 2 N–H and O–H groups in total. The number of hydrogen-bond donors (Lipinski definition) is 2. The molecule has 0 atom stereocenters. The van der Waals surface area contributed by atoms with E-state index in [0.29, 0.717) is 12.1 Å². The van der Waals surface area contributed by atoms with Crippen molar-refractivity contribution in [1.82, 2.24) is 0 Å². The standard InChI is InChI=1S/C12H8N2O10S2.2Na.2H/c15-13(16)11-5-7(25(19,20)21)1-3-9(11)10-4-2-8(26(22,23)24)6-12(10)14(17)18;;;;/h1-6H,(H,19,20,21)(H,22,23,24);;;;. The van der Waals surface area contributed by atoms with Crippen LogP contribution < -0.4 is 0 Å². The van der Waals surface area contributed by atoms with Crippen LogP contribution in [0, 0.1) is 20.2 Å². The first-order valence-corrected chi connectivity index (χ1v) is 9.22. The first-order chi connectivity index (χ1) is 11.8. The monoisotopic (exact) mass is 452 g/mol. The van der Waals surface area contributed by atoms with E-state index in [-0.39, 0.29) is 59.1 Å². The summed E-state index contributed by atoms with van der Waals surface area (Å²) < 4.78 is 62.4. The number of nitro groups is 2. The summed E-state index contributed by atoms with van der Waals surface area (Å²) in [7, 11) is -9.52. The number of nitrogens with zero attached hydrogens (tertiary/aromatic N) is 2. The molecule has 142 valence electrons. The maximum absolute atomic E-state index is 11.2. The Labute approximate surface area is 202 Å². The first kappa shape index (κ1) is 27.1. The fourth-order valence-electron chi connectivity index (χ4n) is 2.10. The molecule has 0 spiro atoms. The molecule has 0 radical (unpaired) electrons. The molecule has 0 amide bonds. The van der Waals surface area contributed by atoms with Crippen molar-refractivity contribution in [3.05, 3.63) is 56.6 Å². The Hall–Kier alpha value is -0.940. The van der Waals surface area contributed by atoms with Gasteiger partial charge in [-0.3, -0.25) is 29.3 Å². The van der Waals surface area contributed by atoms with Gasteiger partial charge in [-0.15, -0.1) is 0 Å². The molecule has 0 aliphatic rings. The van der Waals surface area contributed by atoms with E-state index in [1.807, 2.05) is 0 Å². The van der Waals surface area contributed by atoms with Crippen LogP contribution in [-0.2, 0) is 20.2 Å². The third-order valence-corrected chi connectivity index (χ3v) is 4.92. The van der Waals surface area contributed by atoms with Gasteiger partial charge in [-0.05, 0) is 24.3 Å². The van der Waals surface area contributed by atoms with Gasteiger partial charge in [0.05, 0.1) is 21.0 Å². The molecule has 0 fully saturated rings. The second-order valence-corrected chi connectivity index (χ2v) is 7.67. The van der Waals surface area contributed by atoms with Crippen LogP contribution in [0.25, 0.3) is 11.1 Å². The van der Waals surface area contributed by atoms with Crippen molar-refractivity contribution in [2.75, 3.05) is 0 Å². The second kappa shape index (κ2) is 9.71. The summed E-state index contributed by atoms with van der Waals surface area (Å²) in [5.41, 5.74) is -2.53. The van der Waals surface area contributed by atoms with Crippen molar-refractivity contribution >= 4 is 90.7 Å². The molecule has 28 heavy (non-hydrogen) atoms. The fraction of sp³-hybridized carbons (Fsp3) is 0. The molecular weight excluding hydrogens is 442 g/mol. The van der Waals surface area contributed by atoms with Gasteiger partial charge < -0.3 is 0 Å². The van der Waals surface area contributed by atoms with Crippen LogP contribution in [0.4, 0.5) is 11.4 Å². The van der Waals surface area contributed by atoms with Crippen molar-refractivity contribution in [2.45, 2.75) is 9.79 Å². The number of rotatable bonds is 5. The van der Waals surface area contributed by atoms with E-state index in [4.69, 9.17) is 9.11 Å². The molecule has 0 saturated carbocycles. The Morgan fingerprint density at radius 2 is 0.964 bits per heavy atom. The predicted octanol–water partition coefficient (Wildman–Crippen LogP) is 0.366. The average molecular weight is 452 g/mol. The van der Waals surface area contributed by atoms with Crippen LogP contribution in [0.15, 0.2) is 46.2 Å². The summed E-state index contributed by atoms with van der Waals surface area (Å²) in [6.07, 6.45) is 0. The van der Waals surface area contributed by atoms with E-state index in [1.54, 1.807) is 0 Å². The zero-order valence-electron chi connectivity index (χ0n) is 12.3. The number of nitro benzene ring substituents is 2. The number of hydrogen-bond acceptors (Lipinski definition) is 8. The van der Waals surface area contributed by atoms with Crippen LogP contribution in [-0.4, -0.2) is 94.9 Å². The molecule has 0 aliphatic heterocycles. The molecule has 0 aliphatic carbocycles. The van der Waals surface area contributed by atoms with E-state index in [9.17, 15) is 37.1 Å². The van der Waals surface area contributed by atoms with E-state index in [0.717, 1.165) is 24.3 Å². The summed E-state index contributed by atoms with van der Waals surface area (Å²) in [4.78, 5) is 18.8. The zero-order chi connectivity index (χ0) is 19.9. The van der Waals surface area contributed by atoms with Gasteiger partial charge in [0.1, 0.15) is 9.79 Å². The normalized spacial score (nSPS) is 11.1. The Bertz CT molecular complexity index is 1060. The molecule has 2 aromatic carbocycles. The molecule has 0 unspecified atom stereocenters. The molecule has 2 rings (SSSR count). The summed E-state index contributed by atoms with van der Waals surface area (Å²) in [6.45, 7) is 0. The van der Waals surface area contributed by atoms with Gasteiger partial charge in [0.15, 0.2) is 0 Å². The third-order valence-electron chi connectivity index (χ3n) is 3.22. The minimum absolute atomic E-state index is 0. The van der Waals surface area contributed by atoms with Crippen molar-refractivity contribution in [3.63, 3.8) is 0 Å². The van der Waals surface area contributed by atoms with Crippen molar-refractivity contribution in [3.8, 4) is 11.1 Å². The topological polar surface area (TPSA) is 195 Å². The van der Waals surface area contributed by atoms with Gasteiger partial charge in [0.25, 0.3) is 31.6 Å². The van der Waals surface area contributed by atoms with E-state index < -0.39 is 62.4 Å². The van der Waals surface area contributed by atoms with E-state index in [1.165, 1.54) is 0 Å². The second-order valence-electron chi connectivity index (χ2n) is 4.82. The van der Waals surface area contributed by atoms with Crippen LogP contribution >= 0.6 is 0 Å². The van der Waals surface area contributed by atoms with Crippen LogP contribution in [0.2, 0.25) is 0 Å². The minimum atomic E-state index is -4.76. The Morgan fingerprint density at radius 1 is 0.679 bits per heavy atom. The van der Waals surface area contributed by atoms with Crippen molar-refractivity contribution in [1.29, 1.82) is 0 Å².